The molecule has 1 unspecified atom stereocenters. The van der Waals surface area contributed by atoms with Gasteiger partial charge in [-0.3, -0.25) is 9.69 Å². The van der Waals surface area contributed by atoms with Crippen molar-refractivity contribution in [2.24, 2.45) is 0 Å². The largest absolute Gasteiger partial charge is 0.481 e. The molecule has 0 fully saturated rings. The Morgan fingerprint density at radius 3 is 2.26 bits per heavy atom. The summed E-state index contributed by atoms with van der Waals surface area (Å²) in [7, 11) is 4.04. The Hall–Kier alpha value is -1.55. The molecule has 0 amide bonds. The van der Waals surface area contributed by atoms with Gasteiger partial charge in [-0.2, -0.15) is 0 Å². The molecule has 19 heavy (non-hydrogen) atoms. The highest BCUT2D eigenvalue weighted by Crippen LogP contribution is 2.22. The molecule has 106 valence electrons. The maximum absolute atomic E-state index is 10.7. The Kier molecular flexibility index (Phi) is 5.83. The Morgan fingerprint density at radius 2 is 1.84 bits per heavy atom. The Balaban J connectivity index is 2.73. The van der Waals surface area contributed by atoms with Crippen LogP contribution in [-0.4, -0.2) is 43.2 Å². The monoisotopic (exact) mass is 264 g/mol. The van der Waals surface area contributed by atoms with Gasteiger partial charge >= 0.3 is 5.97 Å². The number of hydrogen-bond acceptors (Lipinski definition) is 3. The lowest BCUT2D eigenvalue weighted by atomic mass is 10.1. The summed E-state index contributed by atoms with van der Waals surface area (Å²) in [5, 5.41) is 8.78. The van der Waals surface area contributed by atoms with Gasteiger partial charge in [-0.25, -0.2) is 0 Å². The standard InChI is InChI=1S/C15H24N2O2/c1-5-17(11-10-15(18)19)12(2)13-6-8-14(9-7-13)16(3)4/h6-9,12H,5,10-11H2,1-4H3,(H,18,19). The molecular formula is C15H24N2O2. The highest BCUT2D eigenvalue weighted by Gasteiger charge is 2.15. The second-order valence-corrected chi connectivity index (χ2v) is 4.93. The molecule has 4 heteroatoms. The Bertz CT molecular complexity index is 401. The van der Waals surface area contributed by atoms with Gasteiger partial charge < -0.3 is 10.0 Å². The molecule has 0 aliphatic heterocycles. The molecule has 1 atom stereocenters. The van der Waals surface area contributed by atoms with Crippen molar-refractivity contribution < 1.29 is 9.90 Å². The minimum absolute atomic E-state index is 0.188. The predicted octanol–water partition coefficient (Wildman–Crippen LogP) is 2.61. The fraction of sp³-hybridized carbons (Fsp3) is 0.533. The molecule has 0 radical (unpaired) electrons. The van der Waals surface area contributed by atoms with E-state index in [2.05, 4.69) is 47.9 Å². The second-order valence-electron chi connectivity index (χ2n) is 4.93. The number of rotatable bonds is 7. The van der Waals surface area contributed by atoms with E-state index in [1.165, 1.54) is 11.3 Å². The van der Waals surface area contributed by atoms with Crippen LogP contribution in [-0.2, 0) is 4.79 Å². The molecule has 0 heterocycles. The summed E-state index contributed by atoms with van der Waals surface area (Å²) >= 11 is 0. The third kappa shape index (κ3) is 4.56. The van der Waals surface area contributed by atoms with Gasteiger partial charge in [0.05, 0.1) is 6.42 Å². The van der Waals surface area contributed by atoms with E-state index >= 15 is 0 Å². The summed E-state index contributed by atoms with van der Waals surface area (Å²) < 4.78 is 0. The van der Waals surface area contributed by atoms with E-state index in [1.54, 1.807) is 0 Å². The average molecular weight is 264 g/mol. The quantitative estimate of drug-likeness (QED) is 0.822. The van der Waals surface area contributed by atoms with Crippen LogP contribution >= 0.6 is 0 Å². The maximum atomic E-state index is 10.7. The van der Waals surface area contributed by atoms with Gasteiger partial charge in [-0.05, 0) is 31.2 Å². The number of nitrogens with zero attached hydrogens (tertiary/aromatic N) is 2. The predicted molar refractivity (Wildman–Crippen MR) is 78.7 cm³/mol. The molecule has 0 aliphatic rings. The minimum atomic E-state index is -0.742. The molecule has 1 N–H and O–H groups in total. The van der Waals surface area contributed by atoms with Crippen LogP contribution in [0.2, 0.25) is 0 Å². The zero-order valence-electron chi connectivity index (χ0n) is 12.3. The summed E-state index contributed by atoms with van der Waals surface area (Å²) in [5.74, 6) is -0.742. The van der Waals surface area contributed by atoms with Crippen molar-refractivity contribution in [2.45, 2.75) is 26.3 Å². The normalized spacial score (nSPS) is 12.5. The van der Waals surface area contributed by atoms with Gasteiger partial charge in [0.2, 0.25) is 0 Å². The van der Waals surface area contributed by atoms with Crippen LogP contribution in [0, 0.1) is 0 Å². The fourth-order valence-electron chi connectivity index (χ4n) is 2.13. The third-order valence-corrected chi connectivity index (χ3v) is 3.46. The van der Waals surface area contributed by atoms with E-state index in [4.69, 9.17) is 5.11 Å². The Morgan fingerprint density at radius 1 is 1.26 bits per heavy atom. The van der Waals surface area contributed by atoms with Crippen LogP contribution in [0.15, 0.2) is 24.3 Å². The van der Waals surface area contributed by atoms with E-state index in [-0.39, 0.29) is 12.5 Å². The summed E-state index contributed by atoms with van der Waals surface area (Å²) in [6.07, 6.45) is 0.188. The lowest BCUT2D eigenvalue weighted by molar-refractivity contribution is -0.137. The average Bonchev–Trinajstić information content (AvgIpc) is 2.39. The van der Waals surface area contributed by atoms with Crippen molar-refractivity contribution in [2.75, 3.05) is 32.1 Å². The van der Waals surface area contributed by atoms with Crippen molar-refractivity contribution in [1.82, 2.24) is 4.90 Å². The molecule has 0 spiro atoms. The van der Waals surface area contributed by atoms with Crippen molar-refractivity contribution in [3.63, 3.8) is 0 Å². The van der Waals surface area contributed by atoms with E-state index in [1.807, 2.05) is 14.1 Å². The zero-order valence-corrected chi connectivity index (χ0v) is 12.3. The molecule has 0 bridgehead atoms. The lowest BCUT2D eigenvalue weighted by Gasteiger charge is -2.28. The van der Waals surface area contributed by atoms with E-state index in [9.17, 15) is 4.79 Å². The second kappa shape index (κ2) is 7.14. The SMILES string of the molecule is CCN(CCC(=O)O)C(C)c1ccc(N(C)C)cc1. The molecule has 1 rings (SSSR count). The first-order valence-corrected chi connectivity index (χ1v) is 6.68. The highest BCUT2D eigenvalue weighted by molar-refractivity contribution is 5.66. The van der Waals surface area contributed by atoms with E-state index in [0.717, 1.165) is 6.54 Å². The van der Waals surface area contributed by atoms with E-state index in [0.29, 0.717) is 6.54 Å². The van der Waals surface area contributed by atoms with Crippen LogP contribution in [0.5, 0.6) is 0 Å². The van der Waals surface area contributed by atoms with Crippen LogP contribution in [0.1, 0.15) is 31.9 Å². The summed E-state index contributed by atoms with van der Waals surface area (Å²) in [4.78, 5) is 14.9. The summed E-state index contributed by atoms with van der Waals surface area (Å²) in [5.41, 5.74) is 2.39. The molecule has 1 aromatic carbocycles. The number of carboxylic acids is 1. The van der Waals surface area contributed by atoms with Gasteiger partial charge in [0.1, 0.15) is 0 Å². The smallest absolute Gasteiger partial charge is 0.304 e. The minimum Gasteiger partial charge on any atom is -0.481 e. The number of anilines is 1. The van der Waals surface area contributed by atoms with Crippen molar-refractivity contribution >= 4 is 11.7 Å². The maximum Gasteiger partial charge on any atom is 0.304 e. The molecule has 0 aliphatic carbocycles. The first-order chi connectivity index (χ1) is 8.95. The van der Waals surface area contributed by atoms with Gasteiger partial charge in [-0.1, -0.05) is 19.1 Å². The molecule has 0 aromatic heterocycles. The van der Waals surface area contributed by atoms with Crippen LogP contribution in [0.3, 0.4) is 0 Å². The van der Waals surface area contributed by atoms with Crippen LogP contribution in [0.25, 0.3) is 0 Å². The zero-order chi connectivity index (χ0) is 14.4. The Labute approximate surface area is 115 Å². The van der Waals surface area contributed by atoms with Crippen molar-refractivity contribution in [3.8, 4) is 0 Å². The number of benzene rings is 1. The third-order valence-electron chi connectivity index (χ3n) is 3.46. The molecule has 0 saturated carbocycles. The van der Waals surface area contributed by atoms with Crippen molar-refractivity contribution in [1.29, 1.82) is 0 Å². The van der Waals surface area contributed by atoms with Crippen molar-refractivity contribution in [3.05, 3.63) is 29.8 Å². The first kappa shape index (κ1) is 15.5. The molecule has 1 aromatic rings. The number of hydrogen-bond donors (Lipinski definition) is 1. The highest BCUT2D eigenvalue weighted by atomic mass is 16.4. The first-order valence-electron chi connectivity index (χ1n) is 6.68. The number of aliphatic carboxylic acids is 1. The van der Waals surface area contributed by atoms with E-state index < -0.39 is 5.97 Å². The molecule has 4 nitrogen and oxygen atoms in total. The van der Waals surface area contributed by atoms with Crippen LogP contribution < -0.4 is 4.90 Å². The van der Waals surface area contributed by atoms with Crippen LogP contribution in [0.4, 0.5) is 5.69 Å². The molecule has 0 saturated heterocycles. The molecular weight excluding hydrogens is 240 g/mol. The van der Waals surface area contributed by atoms with Gasteiger partial charge in [0, 0.05) is 32.4 Å². The topological polar surface area (TPSA) is 43.8 Å². The van der Waals surface area contributed by atoms with Gasteiger partial charge in [0.25, 0.3) is 0 Å². The fourth-order valence-corrected chi connectivity index (χ4v) is 2.13. The summed E-state index contributed by atoms with van der Waals surface area (Å²) in [6.45, 7) is 5.62. The number of carboxylic acid groups (broad SMARTS) is 1. The van der Waals surface area contributed by atoms with Gasteiger partial charge in [0.15, 0.2) is 0 Å². The lowest BCUT2D eigenvalue weighted by Crippen LogP contribution is -2.29. The van der Waals surface area contributed by atoms with Gasteiger partial charge in [-0.15, -0.1) is 0 Å². The number of carbonyl (C=O) groups is 1. The summed E-state index contributed by atoms with van der Waals surface area (Å²) in [6, 6.07) is 8.65.